The zero-order valence-corrected chi connectivity index (χ0v) is 19.8. The summed E-state index contributed by atoms with van der Waals surface area (Å²) in [6, 6.07) is 5.26. The van der Waals surface area contributed by atoms with Crippen molar-refractivity contribution in [3.8, 4) is 0 Å². The first-order chi connectivity index (χ1) is 16.3. The first-order valence-electron chi connectivity index (χ1n) is 10.8. The van der Waals surface area contributed by atoms with E-state index in [1.807, 2.05) is 6.07 Å². The molecule has 9 nitrogen and oxygen atoms in total. The van der Waals surface area contributed by atoms with Crippen molar-refractivity contribution in [3.63, 3.8) is 0 Å². The summed E-state index contributed by atoms with van der Waals surface area (Å²) < 4.78 is 36.5. The lowest BCUT2D eigenvalue weighted by molar-refractivity contribution is 0.0406. The molecule has 34 heavy (non-hydrogen) atoms. The number of fused-ring (bicyclic) bond motifs is 2. The Labute approximate surface area is 203 Å². The predicted octanol–water partition coefficient (Wildman–Crippen LogP) is 3.94. The van der Waals surface area contributed by atoms with Crippen molar-refractivity contribution in [2.45, 2.75) is 24.8 Å². The zero-order chi connectivity index (χ0) is 24.0. The van der Waals surface area contributed by atoms with Crippen LogP contribution in [0.4, 0.5) is 31.9 Å². The predicted molar refractivity (Wildman–Crippen MR) is 128 cm³/mol. The second-order valence-electron chi connectivity index (χ2n) is 8.37. The van der Waals surface area contributed by atoms with Crippen molar-refractivity contribution >= 4 is 57.5 Å². The van der Waals surface area contributed by atoms with Gasteiger partial charge in [0.2, 0.25) is 5.95 Å². The van der Waals surface area contributed by atoms with Gasteiger partial charge in [-0.15, -0.1) is 11.6 Å². The molecule has 0 unspecified atom stereocenters. The van der Waals surface area contributed by atoms with Crippen molar-refractivity contribution in [2.24, 2.45) is 7.05 Å². The van der Waals surface area contributed by atoms with Crippen molar-refractivity contribution in [1.29, 1.82) is 0 Å². The number of imidazole rings is 1. The van der Waals surface area contributed by atoms with Gasteiger partial charge in [0, 0.05) is 31.3 Å². The lowest BCUT2D eigenvalue weighted by Gasteiger charge is -2.23. The van der Waals surface area contributed by atoms with E-state index in [0.717, 1.165) is 11.4 Å². The van der Waals surface area contributed by atoms with Crippen LogP contribution in [-0.4, -0.2) is 57.3 Å². The molecule has 0 radical (unpaired) electrons. The van der Waals surface area contributed by atoms with E-state index in [9.17, 15) is 13.6 Å². The van der Waals surface area contributed by atoms with Gasteiger partial charge in [-0.05, 0) is 31.0 Å². The van der Waals surface area contributed by atoms with Crippen LogP contribution in [0.2, 0.25) is 5.02 Å². The molecule has 2 aromatic heterocycles. The van der Waals surface area contributed by atoms with E-state index in [0.29, 0.717) is 48.9 Å². The maximum Gasteiger partial charge on any atom is 0.330 e. The summed E-state index contributed by atoms with van der Waals surface area (Å²) in [7, 11) is 1.58. The molecule has 2 aliphatic heterocycles. The molecule has 0 atom stereocenters. The van der Waals surface area contributed by atoms with Crippen LogP contribution in [0.25, 0.3) is 11.2 Å². The lowest BCUT2D eigenvalue weighted by atomic mass is 10.1. The highest BCUT2D eigenvalue weighted by molar-refractivity contribution is 6.31. The molecule has 0 aliphatic carbocycles. The summed E-state index contributed by atoms with van der Waals surface area (Å²) >= 11 is 11.6. The number of halogens is 4. The summed E-state index contributed by atoms with van der Waals surface area (Å²) in [6.07, 6.45) is 1.30. The Bertz CT molecular complexity index is 1290. The van der Waals surface area contributed by atoms with Crippen LogP contribution in [0, 0.1) is 0 Å². The molecular weight excluding hydrogens is 491 g/mol. The minimum atomic E-state index is -3.16. The fourth-order valence-electron chi connectivity index (χ4n) is 4.34. The molecule has 2 N–H and O–H groups in total. The number of aromatic nitrogens is 4. The SMILES string of the molecule is Cn1c(=O)n(C2CCOCC2)c2nc(N3CNc4ccc(Cl)cc43)nc(NCC(F)(F)CCl)c21. The number of hydrogen-bond acceptors (Lipinski definition) is 7. The number of rotatable bonds is 6. The van der Waals surface area contributed by atoms with E-state index in [-0.39, 0.29) is 23.5 Å². The first kappa shape index (κ1) is 23.1. The van der Waals surface area contributed by atoms with E-state index in [2.05, 4.69) is 15.6 Å². The molecule has 0 bridgehead atoms. The van der Waals surface area contributed by atoms with Gasteiger partial charge in [-0.1, -0.05) is 11.6 Å². The average Bonchev–Trinajstić information content (AvgIpc) is 3.36. The quantitative estimate of drug-likeness (QED) is 0.482. The van der Waals surface area contributed by atoms with E-state index in [1.165, 1.54) is 4.57 Å². The topological polar surface area (TPSA) is 89.2 Å². The Morgan fingerprint density at radius 3 is 2.79 bits per heavy atom. The maximum atomic E-state index is 14.0. The van der Waals surface area contributed by atoms with Crippen LogP contribution in [0.15, 0.2) is 23.0 Å². The van der Waals surface area contributed by atoms with Crippen LogP contribution in [0.1, 0.15) is 18.9 Å². The Morgan fingerprint density at radius 2 is 2.06 bits per heavy atom. The average molecular weight is 514 g/mol. The van der Waals surface area contributed by atoms with Gasteiger partial charge in [0.15, 0.2) is 11.5 Å². The monoisotopic (exact) mass is 513 g/mol. The van der Waals surface area contributed by atoms with Crippen molar-refractivity contribution in [2.75, 3.05) is 47.8 Å². The van der Waals surface area contributed by atoms with Gasteiger partial charge in [0.05, 0.1) is 30.5 Å². The molecule has 1 fully saturated rings. The summed E-state index contributed by atoms with van der Waals surface area (Å²) in [5, 5.41) is 6.48. The second kappa shape index (κ2) is 8.86. The lowest BCUT2D eigenvalue weighted by Crippen LogP contribution is -2.30. The van der Waals surface area contributed by atoms with Crippen LogP contribution in [-0.2, 0) is 11.8 Å². The van der Waals surface area contributed by atoms with Gasteiger partial charge in [0.1, 0.15) is 5.52 Å². The van der Waals surface area contributed by atoms with Gasteiger partial charge in [-0.3, -0.25) is 14.0 Å². The van der Waals surface area contributed by atoms with Crippen molar-refractivity contribution < 1.29 is 13.5 Å². The number of benzene rings is 1. The van der Waals surface area contributed by atoms with Crippen LogP contribution < -0.4 is 21.2 Å². The molecule has 2 aliphatic rings. The number of anilines is 4. The Kier molecular flexibility index (Phi) is 6.03. The summed E-state index contributed by atoms with van der Waals surface area (Å²) in [5.41, 5.74) is 2.02. The van der Waals surface area contributed by atoms with Crippen LogP contribution in [0.5, 0.6) is 0 Å². The van der Waals surface area contributed by atoms with Crippen molar-refractivity contribution in [1.82, 2.24) is 19.1 Å². The van der Waals surface area contributed by atoms with Gasteiger partial charge >= 0.3 is 5.69 Å². The molecule has 4 heterocycles. The first-order valence-corrected chi connectivity index (χ1v) is 11.8. The molecule has 0 saturated carbocycles. The van der Waals surface area contributed by atoms with Crippen molar-refractivity contribution in [3.05, 3.63) is 33.7 Å². The molecule has 0 amide bonds. The van der Waals surface area contributed by atoms with Gasteiger partial charge in [-0.25, -0.2) is 13.6 Å². The minimum absolute atomic E-state index is 0.122. The fraction of sp³-hybridized carbons (Fsp3) is 0.476. The van der Waals surface area contributed by atoms with E-state index < -0.39 is 18.3 Å². The number of hydrogen-bond donors (Lipinski definition) is 2. The third-order valence-electron chi connectivity index (χ3n) is 6.10. The molecule has 1 saturated heterocycles. The number of alkyl halides is 3. The van der Waals surface area contributed by atoms with Crippen LogP contribution in [0.3, 0.4) is 0 Å². The molecule has 13 heteroatoms. The highest BCUT2D eigenvalue weighted by Gasteiger charge is 2.31. The number of aryl methyl sites for hydroxylation is 1. The fourth-order valence-corrected chi connectivity index (χ4v) is 4.60. The Hall–Kier alpha value is -2.63. The van der Waals surface area contributed by atoms with Gasteiger partial charge in [0.25, 0.3) is 5.92 Å². The Morgan fingerprint density at radius 1 is 1.29 bits per heavy atom. The molecule has 5 rings (SSSR count). The van der Waals surface area contributed by atoms with E-state index in [1.54, 1.807) is 28.6 Å². The molecule has 3 aromatic rings. The minimum Gasteiger partial charge on any atom is -0.381 e. The molecular formula is C21H23Cl2F2N7O2. The Balaban J connectivity index is 1.68. The van der Waals surface area contributed by atoms with Gasteiger partial charge < -0.3 is 15.4 Å². The standard InChI is InChI=1S/C21H23Cl2F2N7O2/c1-30-16-17(26-10-21(24,25)9-22)28-19(31-11-27-14-3-2-12(23)8-15(14)31)29-18(16)32(20(30)33)13-4-6-34-7-5-13/h2-3,8,13,27H,4-7,9-11H2,1H3,(H,26,28,29). The second-order valence-corrected chi connectivity index (χ2v) is 9.07. The summed E-state index contributed by atoms with van der Waals surface area (Å²) in [5.74, 6) is -3.61. The smallest absolute Gasteiger partial charge is 0.330 e. The number of ether oxygens (including phenoxy) is 1. The summed E-state index contributed by atoms with van der Waals surface area (Å²) in [4.78, 5) is 24.3. The third-order valence-corrected chi connectivity index (χ3v) is 6.72. The highest BCUT2D eigenvalue weighted by Crippen LogP contribution is 2.38. The molecule has 182 valence electrons. The molecule has 0 spiro atoms. The maximum absolute atomic E-state index is 14.0. The molecule has 1 aromatic carbocycles. The van der Waals surface area contributed by atoms with E-state index >= 15 is 0 Å². The number of nitrogens with one attached hydrogen (secondary N) is 2. The van der Waals surface area contributed by atoms with E-state index in [4.69, 9.17) is 32.9 Å². The summed E-state index contributed by atoms with van der Waals surface area (Å²) in [6.45, 7) is 0.674. The number of nitrogens with zero attached hydrogens (tertiary/aromatic N) is 5. The third kappa shape index (κ3) is 4.05. The highest BCUT2D eigenvalue weighted by atomic mass is 35.5. The van der Waals surface area contributed by atoms with Crippen LogP contribution >= 0.6 is 23.2 Å². The normalized spacial score (nSPS) is 16.7. The largest absolute Gasteiger partial charge is 0.381 e. The van der Waals surface area contributed by atoms with Gasteiger partial charge in [-0.2, -0.15) is 9.97 Å². The zero-order valence-electron chi connectivity index (χ0n) is 18.3.